The van der Waals surface area contributed by atoms with Gasteiger partial charge in [0.15, 0.2) is 0 Å². The monoisotopic (exact) mass is 451 g/mol. The lowest BCUT2D eigenvalue weighted by atomic mass is 9.93. The number of carbonyl (C=O) groups is 1. The number of sulfonamides is 1. The summed E-state index contributed by atoms with van der Waals surface area (Å²) in [4.78, 5) is 12.3. The third-order valence-corrected chi connectivity index (χ3v) is 7.08. The van der Waals surface area contributed by atoms with Gasteiger partial charge in [-0.3, -0.25) is 0 Å². The first-order chi connectivity index (χ1) is 14.9. The fourth-order valence-corrected chi connectivity index (χ4v) is 5.24. The molecule has 0 heterocycles. The molecule has 0 radical (unpaired) electrons. The number of esters is 1. The molecule has 6 nitrogen and oxygen atoms in total. The van der Waals surface area contributed by atoms with Gasteiger partial charge in [0.25, 0.3) is 0 Å². The summed E-state index contributed by atoms with van der Waals surface area (Å²) in [5.41, 5.74) is 0.859. The number of ether oxygens (including phenoxy) is 2. The molecule has 2 rings (SSSR count). The molecule has 2 atom stereocenters. The molecule has 0 spiro atoms. The Bertz CT molecular complexity index is 789. The molecule has 1 aromatic rings. The molecule has 31 heavy (non-hydrogen) atoms. The summed E-state index contributed by atoms with van der Waals surface area (Å²) in [7, 11) is -1.77. The van der Waals surface area contributed by atoms with Crippen LogP contribution in [0.5, 0.6) is 5.75 Å². The molecule has 0 aliphatic heterocycles. The van der Waals surface area contributed by atoms with Gasteiger partial charge >= 0.3 is 5.97 Å². The van der Waals surface area contributed by atoms with Crippen LogP contribution in [0.25, 0.3) is 6.08 Å². The van der Waals surface area contributed by atoms with Crippen LogP contribution >= 0.6 is 0 Å². The average molecular weight is 452 g/mol. The Morgan fingerprint density at radius 1 is 1.06 bits per heavy atom. The first kappa shape index (κ1) is 25.4. The Balaban J connectivity index is 1.83. The van der Waals surface area contributed by atoms with Gasteiger partial charge in [-0.15, -0.1) is 0 Å². The summed E-state index contributed by atoms with van der Waals surface area (Å²) in [5, 5.41) is 0. The van der Waals surface area contributed by atoms with Crippen LogP contribution < -0.4 is 9.46 Å². The normalized spacial score (nSPS) is 19.4. The fraction of sp³-hybridized carbons (Fsp3) is 0.625. The predicted octanol–water partition coefficient (Wildman–Crippen LogP) is 4.84. The van der Waals surface area contributed by atoms with E-state index in [1.54, 1.807) is 13.2 Å². The van der Waals surface area contributed by atoms with E-state index in [2.05, 4.69) is 11.6 Å². The maximum atomic E-state index is 12.5. The largest absolute Gasteiger partial charge is 0.497 e. The molecule has 2 unspecified atom stereocenters. The number of hydrogen-bond acceptors (Lipinski definition) is 5. The molecule has 1 aliphatic rings. The van der Waals surface area contributed by atoms with E-state index in [0.717, 1.165) is 43.4 Å². The van der Waals surface area contributed by atoms with E-state index in [4.69, 9.17) is 9.47 Å². The van der Waals surface area contributed by atoms with Crippen molar-refractivity contribution in [1.82, 2.24) is 4.72 Å². The summed E-state index contributed by atoms with van der Waals surface area (Å²) in [6, 6.07) is 6.99. The number of carbonyl (C=O) groups excluding carboxylic acids is 1. The first-order valence-corrected chi connectivity index (χ1v) is 13.1. The van der Waals surface area contributed by atoms with Crippen molar-refractivity contribution in [3.8, 4) is 5.75 Å². The molecule has 7 heteroatoms. The van der Waals surface area contributed by atoms with Crippen LogP contribution in [0.1, 0.15) is 76.7 Å². The van der Waals surface area contributed by atoms with Gasteiger partial charge in [0.05, 0.1) is 18.9 Å². The van der Waals surface area contributed by atoms with Crippen LogP contribution in [0.2, 0.25) is 0 Å². The van der Waals surface area contributed by atoms with Crippen LogP contribution in [0.15, 0.2) is 30.3 Å². The molecule has 174 valence electrons. The molecule has 1 N–H and O–H groups in total. The Morgan fingerprint density at radius 3 is 2.45 bits per heavy atom. The fourth-order valence-electron chi connectivity index (χ4n) is 3.80. The van der Waals surface area contributed by atoms with Crippen molar-refractivity contribution >= 4 is 22.1 Å². The Labute approximate surface area is 187 Å². The van der Waals surface area contributed by atoms with Crippen LogP contribution in [-0.4, -0.2) is 39.4 Å². The molecule has 0 bridgehead atoms. The van der Waals surface area contributed by atoms with E-state index in [0.29, 0.717) is 19.3 Å². The van der Waals surface area contributed by atoms with Gasteiger partial charge in [-0.25, -0.2) is 17.9 Å². The highest BCUT2D eigenvalue weighted by Gasteiger charge is 2.31. The van der Waals surface area contributed by atoms with E-state index in [9.17, 15) is 13.2 Å². The van der Waals surface area contributed by atoms with Crippen molar-refractivity contribution in [2.45, 2.75) is 83.3 Å². The SMILES string of the molecule is CCCCCCCCS(=O)(=O)NC1CCCCC1OC(=O)/C=C/c1ccc(OC)cc1. The molecular formula is C24H37NO5S. The van der Waals surface area contributed by atoms with Gasteiger partial charge in [0.2, 0.25) is 10.0 Å². The lowest BCUT2D eigenvalue weighted by molar-refractivity contribution is -0.145. The van der Waals surface area contributed by atoms with Crippen molar-refractivity contribution in [3.63, 3.8) is 0 Å². The van der Waals surface area contributed by atoms with E-state index in [1.807, 2.05) is 24.3 Å². The zero-order valence-corrected chi connectivity index (χ0v) is 19.7. The Hall–Kier alpha value is -1.86. The Morgan fingerprint density at radius 2 is 1.74 bits per heavy atom. The van der Waals surface area contributed by atoms with E-state index in [1.165, 1.54) is 18.9 Å². The topological polar surface area (TPSA) is 81.7 Å². The molecule has 0 amide bonds. The van der Waals surface area contributed by atoms with Gasteiger partial charge in [-0.1, -0.05) is 57.6 Å². The maximum absolute atomic E-state index is 12.5. The standard InChI is InChI=1S/C24H37NO5S/c1-3-4-5-6-7-10-19-31(27,28)25-22-11-8-9-12-23(22)30-24(26)18-15-20-13-16-21(29-2)17-14-20/h13-18,22-23,25H,3-12,19H2,1-2H3/b18-15+. The molecule has 1 aliphatic carbocycles. The van der Waals surface area contributed by atoms with E-state index < -0.39 is 22.1 Å². The zero-order chi connectivity index (χ0) is 22.5. The number of methoxy groups -OCH3 is 1. The van der Waals surface area contributed by atoms with E-state index in [-0.39, 0.29) is 11.8 Å². The number of hydrogen-bond donors (Lipinski definition) is 1. The third kappa shape index (κ3) is 9.87. The maximum Gasteiger partial charge on any atom is 0.331 e. The molecule has 1 aromatic carbocycles. The van der Waals surface area contributed by atoms with Crippen LogP contribution in [0, 0.1) is 0 Å². The summed E-state index contributed by atoms with van der Waals surface area (Å²) in [6.45, 7) is 2.16. The lowest BCUT2D eigenvalue weighted by Crippen LogP contribution is -2.47. The van der Waals surface area contributed by atoms with Crippen LogP contribution in [0.3, 0.4) is 0 Å². The summed E-state index contributed by atoms with van der Waals surface area (Å²) >= 11 is 0. The third-order valence-electron chi connectivity index (χ3n) is 5.60. The highest BCUT2D eigenvalue weighted by atomic mass is 32.2. The highest BCUT2D eigenvalue weighted by Crippen LogP contribution is 2.23. The minimum absolute atomic E-state index is 0.133. The number of benzene rings is 1. The van der Waals surface area contributed by atoms with Crippen LogP contribution in [0.4, 0.5) is 0 Å². The van der Waals surface area contributed by atoms with Gasteiger partial charge in [0, 0.05) is 6.08 Å². The molecule has 0 aromatic heterocycles. The Kier molecular flexibility index (Phi) is 11.1. The quantitative estimate of drug-likeness (QED) is 0.264. The van der Waals surface area contributed by atoms with E-state index >= 15 is 0 Å². The second-order valence-corrected chi connectivity index (χ2v) is 10.1. The number of nitrogens with one attached hydrogen (secondary N) is 1. The molecule has 0 saturated heterocycles. The van der Waals surface area contributed by atoms with Crippen molar-refractivity contribution in [2.24, 2.45) is 0 Å². The minimum atomic E-state index is -3.38. The zero-order valence-electron chi connectivity index (χ0n) is 18.8. The predicted molar refractivity (Wildman–Crippen MR) is 124 cm³/mol. The molecule has 1 saturated carbocycles. The van der Waals surface area contributed by atoms with Crippen molar-refractivity contribution < 1.29 is 22.7 Å². The van der Waals surface area contributed by atoms with Gasteiger partial charge in [0.1, 0.15) is 11.9 Å². The smallest absolute Gasteiger partial charge is 0.331 e. The summed E-state index contributed by atoms with van der Waals surface area (Å²) in [6.07, 6.45) is 12.1. The minimum Gasteiger partial charge on any atom is -0.497 e. The van der Waals surface area contributed by atoms with Crippen LogP contribution in [-0.2, 0) is 19.6 Å². The van der Waals surface area contributed by atoms with Crippen molar-refractivity contribution in [3.05, 3.63) is 35.9 Å². The molecule has 1 fully saturated rings. The second kappa shape index (κ2) is 13.5. The molecular weight excluding hydrogens is 414 g/mol. The average Bonchev–Trinajstić information content (AvgIpc) is 2.76. The summed E-state index contributed by atoms with van der Waals surface area (Å²) in [5.74, 6) is 0.425. The van der Waals surface area contributed by atoms with Gasteiger partial charge in [-0.05, 0) is 49.5 Å². The van der Waals surface area contributed by atoms with Gasteiger partial charge < -0.3 is 9.47 Å². The highest BCUT2D eigenvalue weighted by molar-refractivity contribution is 7.89. The number of rotatable bonds is 13. The van der Waals surface area contributed by atoms with Crippen molar-refractivity contribution in [2.75, 3.05) is 12.9 Å². The summed E-state index contributed by atoms with van der Waals surface area (Å²) < 4.78 is 38.5. The second-order valence-electron chi connectivity index (χ2n) is 8.18. The lowest BCUT2D eigenvalue weighted by Gasteiger charge is -2.31. The van der Waals surface area contributed by atoms with Gasteiger partial charge in [-0.2, -0.15) is 0 Å². The first-order valence-electron chi connectivity index (χ1n) is 11.5. The number of unbranched alkanes of at least 4 members (excludes halogenated alkanes) is 5. The van der Waals surface area contributed by atoms with Crippen molar-refractivity contribution in [1.29, 1.82) is 0 Å².